The summed E-state index contributed by atoms with van der Waals surface area (Å²) in [6.07, 6.45) is 2.24. The SMILES string of the molecule is CC(C(=O)N(C1CC1)C(C)c1ccccc1Cl)C1CNC1. The van der Waals surface area contributed by atoms with Gasteiger partial charge in [0, 0.05) is 17.0 Å². The summed E-state index contributed by atoms with van der Waals surface area (Å²) >= 11 is 6.33. The zero-order valence-electron chi connectivity index (χ0n) is 12.7. The maximum absolute atomic E-state index is 12.9. The molecule has 1 aromatic carbocycles. The van der Waals surface area contributed by atoms with Crippen LogP contribution >= 0.6 is 11.6 Å². The number of halogens is 1. The topological polar surface area (TPSA) is 32.3 Å². The van der Waals surface area contributed by atoms with Crippen molar-refractivity contribution in [3.05, 3.63) is 34.9 Å². The Morgan fingerprint density at radius 1 is 1.29 bits per heavy atom. The molecule has 4 heteroatoms. The summed E-state index contributed by atoms with van der Waals surface area (Å²) in [7, 11) is 0. The molecule has 1 saturated carbocycles. The van der Waals surface area contributed by atoms with Gasteiger partial charge in [-0.1, -0.05) is 36.7 Å². The van der Waals surface area contributed by atoms with Crippen LogP contribution in [0, 0.1) is 11.8 Å². The molecule has 1 saturated heterocycles. The van der Waals surface area contributed by atoms with Crippen LogP contribution in [0.25, 0.3) is 0 Å². The lowest BCUT2D eigenvalue weighted by Crippen LogP contribution is -2.51. The molecular formula is C17H23ClN2O. The van der Waals surface area contributed by atoms with E-state index in [9.17, 15) is 4.79 Å². The van der Waals surface area contributed by atoms with E-state index in [2.05, 4.69) is 24.1 Å². The fourth-order valence-electron chi connectivity index (χ4n) is 3.10. The summed E-state index contributed by atoms with van der Waals surface area (Å²) in [5.41, 5.74) is 1.05. The molecule has 1 heterocycles. The molecule has 114 valence electrons. The number of hydrogen-bond donors (Lipinski definition) is 1. The highest BCUT2D eigenvalue weighted by Crippen LogP contribution is 2.38. The van der Waals surface area contributed by atoms with Gasteiger partial charge in [-0.3, -0.25) is 4.79 Å². The second-order valence-corrected chi connectivity index (χ2v) is 6.79. The summed E-state index contributed by atoms with van der Waals surface area (Å²) in [5.74, 6) is 0.866. The lowest BCUT2D eigenvalue weighted by molar-refractivity contribution is -0.140. The highest BCUT2D eigenvalue weighted by Gasteiger charge is 2.41. The number of nitrogens with zero attached hydrogens (tertiary/aromatic N) is 1. The van der Waals surface area contributed by atoms with Gasteiger partial charge in [-0.2, -0.15) is 0 Å². The maximum atomic E-state index is 12.9. The van der Waals surface area contributed by atoms with Gasteiger partial charge in [0.25, 0.3) is 0 Å². The number of carbonyl (C=O) groups excluding carboxylic acids is 1. The van der Waals surface area contributed by atoms with Crippen LogP contribution in [-0.4, -0.2) is 29.9 Å². The van der Waals surface area contributed by atoms with Gasteiger partial charge in [0.15, 0.2) is 0 Å². The summed E-state index contributed by atoms with van der Waals surface area (Å²) in [4.78, 5) is 15.0. The van der Waals surface area contributed by atoms with Crippen LogP contribution in [0.2, 0.25) is 5.02 Å². The zero-order chi connectivity index (χ0) is 15.0. The summed E-state index contributed by atoms with van der Waals surface area (Å²) in [6, 6.07) is 8.32. The second-order valence-electron chi connectivity index (χ2n) is 6.38. The van der Waals surface area contributed by atoms with Crippen molar-refractivity contribution in [1.29, 1.82) is 0 Å². The van der Waals surface area contributed by atoms with Crippen molar-refractivity contribution in [2.24, 2.45) is 11.8 Å². The van der Waals surface area contributed by atoms with Crippen molar-refractivity contribution in [3.63, 3.8) is 0 Å². The molecule has 0 spiro atoms. The van der Waals surface area contributed by atoms with Crippen LogP contribution in [0.4, 0.5) is 0 Å². The first kappa shape index (κ1) is 14.9. The summed E-state index contributed by atoms with van der Waals surface area (Å²) in [5, 5.41) is 4.01. The molecule has 21 heavy (non-hydrogen) atoms. The normalized spacial score (nSPS) is 21.5. The van der Waals surface area contributed by atoms with Gasteiger partial charge < -0.3 is 10.2 Å². The van der Waals surface area contributed by atoms with E-state index in [-0.39, 0.29) is 17.9 Å². The minimum absolute atomic E-state index is 0.0502. The van der Waals surface area contributed by atoms with E-state index in [4.69, 9.17) is 11.6 Å². The van der Waals surface area contributed by atoms with E-state index < -0.39 is 0 Å². The highest BCUT2D eigenvalue weighted by molar-refractivity contribution is 6.31. The Bertz CT molecular complexity index is 525. The third-order valence-corrected chi connectivity index (χ3v) is 5.22. The van der Waals surface area contributed by atoms with Crippen LogP contribution in [-0.2, 0) is 4.79 Å². The molecule has 3 nitrogen and oxygen atoms in total. The molecule has 1 aromatic rings. The number of carbonyl (C=O) groups is 1. The molecule has 1 aliphatic heterocycles. The molecule has 0 aromatic heterocycles. The van der Waals surface area contributed by atoms with Crippen molar-refractivity contribution in [2.75, 3.05) is 13.1 Å². The quantitative estimate of drug-likeness (QED) is 0.905. The largest absolute Gasteiger partial charge is 0.333 e. The highest BCUT2D eigenvalue weighted by atomic mass is 35.5. The molecule has 2 aliphatic rings. The summed E-state index contributed by atoms with van der Waals surface area (Å²) in [6.45, 7) is 6.10. The monoisotopic (exact) mass is 306 g/mol. The Labute approximate surface area is 131 Å². The van der Waals surface area contributed by atoms with E-state index in [1.165, 1.54) is 0 Å². The first-order valence-electron chi connectivity index (χ1n) is 7.87. The standard InChI is InChI=1S/C17H23ClN2O/c1-11(13-9-19-10-13)17(21)20(14-7-8-14)12(2)15-5-3-4-6-16(15)18/h3-6,11-14,19H,7-10H2,1-2H3. The van der Waals surface area contributed by atoms with Gasteiger partial charge in [0.05, 0.1) is 6.04 Å². The minimum atomic E-state index is 0.0502. The molecule has 1 amide bonds. The fourth-order valence-corrected chi connectivity index (χ4v) is 3.40. The zero-order valence-corrected chi connectivity index (χ0v) is 13.4. The number of hydrogen-bond acceptors (Lipinski definition) is 2. The van der Waals surface area contributed by atoms with Crippen molar-refractivity contribution >= 4 is 17.5 Å². The molecule has 2 unspecified atom stereocenters. The average molecular weight is 307 g/mol. The van der Waals surface area contributed by atoms with Gasteiger partial charge in [0.1, 0.15) is 0 Å². The molecule has 3 rings (SSSR count). The van der Waals surface area contributed by atoms with E-state index in [1.807, 2.05) is 24.3 Å². The van der Waals surface area contributed by atoms with Gasteiger partial charge in [-0.05, 0) is 50.4 Å². The number of rotatable bonds is 5. The van der Waals surface area contributed by atoms with Gasteiger partial charge in [0.2, 0.25) is 5.91 Å². The number of nitrogens with one attached hydrogen (secondary N) is 1. The molecule has 2 atom stereocenters. The molecular weight excluding hydrogens is 284 g/mol. The maximum Gasteiger partial charge on any atom is 0.226 e. The Morgan fingerprint density at radius 3 is 2.48 bits per heavy atom. The molecule has 1 aliphatic carbocycles. The van der Waals surface area contributed by atoms with Gasteiger partial charge in [-0.15, -0.1) is 0 Å². The Hall–Kier alpha value is -1.06. The van der Waals surface area contributed by atoms with Crippen molar-refractivity contribution in [3.8, 4) is 0 Å². The molecule has 1 N–H and O–H groups in total. The summed E-state index contributed by atoms with van der Waals surface area (Å²) < 4.78 is 0. The third kappa shape index (κ3) is 2.95. The van der Waals surface area contributed by atoms with E-state index in [0.29, 0.717) is 12.0 Å². The van der Waals surface area contributed by atoms with Crippen LogP contribution < -0.4 is 5.32 Å². The number of benzene rings is 1. The molecule has 2 fully saturated rings. The first-order valence-corrected chi connectivity index (χ1v) is 8.24. The van der Waals surface area contributed by atoms with Crippen molar-refractivity contribution < 1.29 is 4.79 Å². The fraction of sp³-hybridized carbons (Fsp3) is 0.588. The van der Waals surface area contributed by atoms with E-state index in [1.54, 1.807) is 0 Å². The Balaban J connectivity index is 1.80. The van der Waals surface area contributed by atoms with Crippen molar-refractivity contribution in [2.45, 2.75) is 38.8 Å². The van der Waals surface area contributed by atoms with Crippen molar-refractivity contribution in [1.82, 2.24) is 10.2 Å². The smallest absolute Gasteiger partial charge is 0.226 e. The van der Waals surface area contributed by atoms with Crippen LogP contribution in [0.1, 0.15) is 38.3 Å². The average Bonchev–Trinajstić information content (AvgIpc) is 3.21. The van der Waals surface area contributed by atoms with Crippen LogP contribution in [0.3, 0.4) is 0 Å². The van der Waals surface area contributed by atoms with E-state index >= 15 is 0 Å². The second kappa shape index (κ2) is 5.98. The lowest BCUT2D eigenvalue weighted by atomic mass is 9.87. The van der Waals surface area contributed by atoms with Gasteiger partial charge >= 0.3 is 0 Å². The number of amides is 1. The predicted molar refractivity (Wildman–Crippen MR) is 85.3 cm³/mol. The van der Waals surface area contributed by atoms with Crippen LogP contribution in [0.15, 0.2) is 24.3 Å². The minimum Gasteiger partial charge on any atom is -0.333 e. The van der Waals surface area contributed by atoms with Crippen LogP contribution in [0.5, 0.6) is 0 Å². The van der Waals surface area contributed by atoms with E-state index in [0.717, 1.165) is 36.5 Å². The Kier molecular flexibility index (Phi) is 4.23. The molecule has 0 bridgehead atoms. The first-order chi connectivity index (χ1) is 10.1. The van der Waals surface area contributed by atoms with Gasteiger partial charge in [-0.25, -0.2) is 0 Å². The Morgan fingerprint density at radius 2 is 1.95 bits per heavy atom. The predicted octanol–water partition coefficient (Wildman–Crippen LogP) is 3.25. The third-order valence-electron chi connectivity index (χ3n) is 4.88. The lowest BCUT2D eigenvalue weighted by Gasteiger charge is -2.38. The molecule has 0 radical (unpaired) electrons.